The molecule has 32 heavy (non-hydrogen) atoms. The Hall–Kier alpha value is -3.58. The molecule has 0 unspecified atom stereocenters. The fourth-order valence-corrected chi connectivity index (χ4v) is 4.01. The largest absolute Gasteiger partial charge is 1.00 e. The van der Waals surface area contributed by atoms with E-state index in [1.807, 2.05) is 53.1 Å². The van der Waals surface area contributed by atoms with Crippen molar-refractivity contribution in [2.75, 3.05) is 6.54 Å². The topological polar surface area (TPSA) is 103 Å². The Morgan fingerprint density at radius 3 is 2.62 bits per heavy atom. The quantitative estimate of drug-likeness (QED) is 0.341. The molecule has 3 aromatic carbocycles. The third-order valence-corrected chi connectivity index (χ3v) is 5.63. The first-order valence-electron chi connectivity index (χ1n) is 10.4. The summed E-state index contributed by atoms with van der Waals surface area (Å²) in [6.07, 6.45) is 1.88. The Bertz CT molecular complexity index is 1250. The van der Waals surface area contributed by atoms with Gasteiger partial charge in [0.2, 0.25) is 5.82 Å². The first-order valence-corrected chi connectivity index (χ1v) is 10.4. The van der Waals surface area contributed by atoms with Crippen LogP contribution in [0, 0.1) is 0 Å². The van der Waals surface area contributed by atoms with Gasteiger partial charge in [-0.05, 0) is 47.4 Å². The maximum Gasteiger partial charge on any atom is 0.341 e. The first kappa shape index (κ1) is 21.6. The third-order valence-electron chi connectivity index (χ3n) is 5.63. The van der Waals surface area contributed by atoms with Crippen molar-refractivity contribution in [2.45, 2.75) is 25.5 Å². The van der Waals surface area contributed by atoms with Gasteiger partial charge in [-0.3, -0.25) is 16.0 Å². The molecule has 164 valence electrons. The SMILES string of the molecule is NC(N)=[N+]1CCC[C@H]1c1nc(-c2ccc3cc(OCc4ccccc4)ccc3c2)no1.[Cl-]. The maximum absolute atomic E-state index is 5.94. The predicted octanol–water partition coefficient (Wildman–Crippen LogP) is 0.594. The standard InChI is InChI=1S/C24H23N5O2.ClH/c25-24(26)29-12-4-7-21(29)23-27-22(28-31-23)19-9-8-18-14-20(11-10-17(18)13-19)30-15-16-5-2-1-3-6-16;/h1-3,5-6,8-11,13-14,21H,4,7,12,15H2,(H3,25,26);1H/t21-;/m0./s1. The molecule has 1 aromatic heterocycles. The molecule has 5 rings (SSSR count). The van der Waals surface area contributed by atoms with E-state index >= 15 is 0 Å². The van der Waals surface area contributed by atoms with Crippen molar-refractivity contribution in [1.29, 1.82) is 0 Å². The van der Waals surface area contributed by atoms with E-state index < -0.39 is 0 Å². The number of ether oxygens (including phenoxy) is 1. The molecular weight excluding hydrogens is 426 g/mol. The van der Waals surface area contributed by atoms with E-state index in [0.29, 0.717) is 24.3 Å². The van der Waals surface area contributed by atoms with Crippen LogP contribution in [0.4, 0.5) is 0 Å². The molecule has 2 heterocycles. The highest BCUT2D eigenvalue weighted by molar-refractivity contribution is 5.87. The molecule has 4 aromatic rings. The van der Waals surface area contributed by atoms with Crippen LogP contribution in [0.1, 0.15) is 30.3 Å². The van der Waals surface area contributed by atoms with Gasteiger partial charge in [0.1, 0.15) is 12.4 Å². The van der Waals surface area contributed by atoms with Gasteiger partial charge in [-0.2, -0.15) is 4.98 Å². The fourth-order valence-electron chi connectivity index (χ4n) is 4.01. The summed E-state index contributed by atoms with van der Waals surface area (Å²) in [5, 5.41) is 6.35. The van der Waals surface area contributed by atoms with E-state index in [1.165, 1.54) is 0 Å². The molecule has 0 spiro atoms. The molecule has 1 aliphatic heterocycles. The zero-order chi connectivity index (χ0) is 21.2. The first-order chi connectivity index (χ1) is 15.2. The zero-order valence-corrected chi connectivity index (χ0v) is 18.2. The van der Waals surface area contributed by atoms with Crippen LogP contribution in [-0.4, -0.2) is 27.2 Å². The van der Waals surface area contributed by atoms with Crippen LogP contribution in [0.2, 0.25) is 0 Å². The molecule has 0 amide bonds. The molecule has 0 aliphatic carbocycles. The summed E-state index contributed by atoms with van der Waals surface area (Å²) in [5.41, 5.74) is 13.6. The molecule has 1 saturated heterocycles. The minimum atomic E-state index is -0.0592. The lowest BCUT2D eigenvalue weighted by Gasteiger charge is -2.08. The van der Waals surface area contributed by atoms with Crippen molar-refractivity contribution in [3.8, 4) is 17.1 Å². The van der Waals surface area contributed by atoms with Crippen molar-refractivity contribution in [3.05, 3.63) is 78.2 Å². The van der Waals surface area contributed by atoms with Gasteiger partial charge in [-0.1, -0.05) is 53.7 Å². The summed E-state index contributed by atoms with van der Waals surface area (Å²) in [7, 11) is 0. The Labute approximate surface area is 192 Å². The van der Waals surface area contributed by atoms with Gasteiger partial charge >= 0.3 is 5.96 Å². The monoisotopic (exact) mass is 449 g/mol. The molecule has 4 N–H and O–H groups in total. The highest BCUT2D eigenvalue weighted by atomic mass is 35.5. The number of nitrogens with two attached hydrogens (primary N) is 2. The average molecular weight is 450 g/mol. The molecule has 0 bridgehead atoms. The number of hydrogen-bond donors (Lipinski definition) is 2. The smallest absolute Gasteiger partial charge is 0.341 e. The molecule has 8 heteroatoms. The van der Waals surface area contributed by atoms with Crippen LogP contribution in [0.15, 0.2) is 71.3 Å². The Morgan fingerprint density at radius 2 is 1.81 bits per heavy atom. The average Bonchev–Trinajstić information content (AvgIpc) is 3.47. The van der Waals surface area contributed by atoms with Crippen molar-refractivity contribution in [1.82, 2.24) is 10.1 Å². The number of rotatable bonds is 5. The molecule has 1 aliphatic rings. The van der Waals surface area contributed by atoms with Crippen molar-refractivity contribution >= 4 is 16.7 Å². The number of hydrogen-bond acceptors (Lipinski definition) is 4. The molecule has 1 atom stereocenters. The fraction of sp³-hybridized carbons (Fsp3) is 0.208. The third kappa shape index (κ3) is 4.38. The normalized spacial score (nSPS) is 15.5. The summed E-state index contributed by atoms with van der Waals surface area (Å²) in [4.78, 5) is 4.61. The van der Waals surface area contributed by atoms with Crippen LogP contribution < -0.4 is 28.6 Å². The second-order valence-corrected chi connectivity index (χ2v) is 7.73. The number of halogens is 1. The maximum atomic E-state index is 5.94. The van der Waals surface area contributed by atoms with Crippen LogP contribution >= 0.6 is 0 Å². The minimum Gasteiger partial charge on any atom is -1.00 e. The van der Waals surface area contributed by atoms with Gasteiger partial charge in [-0.15, -0.1) is 0 Å². The molecule has 7 nitrogen and oxygen atoms in total. The van der Waals surface area contributed by atoms with E-state index in [-0.39, 0.29) is 18.4 Å². The molecule has 0 radical (unpaired) electrons. The van der Waals surface area contributed by atoms with Gasteiger partial charge in [0.15, 0.2) is 6.04 Å². The Morgan fingerprint density at radius 1 is 1.03 bits per heavy atom. The van der Waals surface area contributed by atoms with Crippen molar-refractivity contribution < 1.29 is 26.2 Å². The zero-order valence-electron chi connectivity index (χ0n) is 17.4. The van der Waals surface area contributed by atoms with E-state index in [4.69, 9.17) is 20.7 Å². The van der Waals surface area contributed by atoms with Crippen molar-refractivity contribution in [2.24, 2.45) is 11.5 Å². The van der Waals surface area contributed by atoms with Crippen molar-refractivity contribution in [3.63, 3.8) is 0 Å². The van der Waals surface area contributed by atoms with Gasteiger partial charge in [0.05, 0.1) is 6.54 Å². The van der Waals surface area contributed by atoms with Gasteiger partial charge < -0.3 is 21.7 Å². The second-order valence-electron chi connectivity index (χ2n) is 7.73. The Balaban J connectivity index is 0.00000245. The lowest BCUT2D eigenvalue weighted by molar-refractivity contribution is -0.555. The summed E-state index contributed by atoms with van der Waals surface area (Å²) in [6.45, 7) is 1.34. The van der Waals surface area contributed by atoms with Crippen LogP contribution in [0.25, 0.3) is 22.2 Å². The number of benzene rings is 3. The minimum absolute atomic E-state index is 0. The second kappa shape index (κ2) is 9.28. The Kier molecular flexibility index (Phi) is 6.28. The number of aromatic nitrogens is 2. The highest BCUT2D eigenvalue weighted by Crippen LogP contribution is 2.30. The summed E-state index contributed by atoms with van der Waals surface area (Å²) in [5.74, 6) is 2.23. The molecular formula is C24H24ClN5O2. The lowest BCUT2D eigenvalue weighted by atomic mass is 10.1. The van der Waals surface area contributed by atoms with E-state index in [1.54, 1.807) is 0 Å². The summed E-state index contributed by atoms with van der Waals surface area (Å²) >= 11 is 0. The van der Waals surface area contributed by atoms with Crippen LogP contribution in [0.3, 0.4) is 0 Å². The number of guanidine groups is 1. The van der Waals surface area contributed by atoms with E-state index in [2.05, 4.69) is 28.3 Å². The number of nitrogens with zero attached hydrogens (tertiary/aromatic N) is 3. The molecule has 1 fully saturated rings. The molecule has 0 saturated carbocycles. The van der Waals surface area contributed by atoms with Gasteiger partial charge in [-0.25, -0.2) is 0 Å². The van der Waals surface area contributed by atoms with Crippen LogP contribution in [-0.2, 0) is 6.61 Å². The predicted molar refractivity (Wildman–Crippen MR) is 118 cm³/mol. The van der Waals surface area contributed by atoms with Gasteiger partial charge in [0, 0.05) is 5.56 Å². The van der Waals surface area contributed by atoms with E-state index in [9.17, 15) is 0 Å². The summed E-state index contributed by atoms with van der Waals surface area (Å²) in [6, 6.07) is 22.2. The van der Waals surface area contributed by atoms with Gasteiger partial charge in [0.25, 0.3) is 5.89 Å². The van der Waals surface area contributed by atoms with Crippen LogP contribution in [0.5, 0.6) is 5.75 Å². The van der Waals surface area contributed by atoms with E-state index in [0.717, 1.165) is 47.0 Å². The number of fused-ring (bicyclic) bond motifs is 1. The summed E-state index contributed by atoms with van der Waals surface area (Å²) < 4.78 is 13.4. The lowest BCUT2D eigenvalue weighted by Crippen LogP contribution is -3.00. The highest BCUT2D eigenvalue weighted by Gasteiger charge is 2.31.